The van der Waals surface area contributed by atoms with Crippen molar-refractivity contribution in [1.29, 1.82) is 0 Å². The fourth-order valence-electron chi connectivity index (χ4n) is 1.26. The third kappa shape index (κ3) is 1.11. The number of aliphatic hydroxyl groups excluding tert-OH is 1. The highest BCUT2D eigenvalue weighted by molar-refractivity contribution is 5.47. The zero-order valence-electron chi connectivity index (χ0n) is 6.57. The molecular weight excluding hydrogens is 150 g/mol. The van der Waals surface area contributed by atoms with Gasteiger partial charge < -0.3 is 5.11 Å². The molecular formula is C10H9NO. The lowest BCUT2D eigenvalue weighted by Crippen LogP contribution is -2.26. The maximum atomic E-state index is 9.56. The van der Waals surface area contributed by atoms with E-state index >= 15 is 0 Å². The second-order valence-electron chi connectivity index (χ2n) is 2.71. The molecule has 0 unspecified atom stereocenters. The Hall–Kier alpha value is -1.57. The molecule has 60 valence electrons. The molecule has 0 fully saturated rings. The first-order chi connectivity index (χ1) is 5.88. The largest absolute Gasteiger partial charge is 0.511 e. The standard InChI is InChI=1S/C10H9NO/c12-10-4-2-1-3-8-7-11-6-5-9(8)10/h1-3,5-7,12H,4H2. The first-order valence-electron chi connectivity index (χ1n) is 3.87. The van der Waals surface area contributed by atoms with Gasteiger partial charge in [0, 0.05) is 29.3 Å². The van der Waals surface area contributed by atoms with E-state index in [0.717, 1.165) is 10.4 Å². The predicted octanol–water partition coefficient (Wildman–Crippen LogP) is 0.488. The molecule has 0 saturated heterocycles. The van der Waals surface area contributed by atoms with Crippen LogP contribution in [0.3, 0.4) is 0 Å². The van der Waals surface area contributed by atoms with E-state index in [-0.39, 0.29) is 0 Å². The van der Waals surface area contributed by atoms with Gasteiger partial charge in [-0.05, 0) is 6.07 Å². The molecule has 12 heavy (non-hydrogen) atoms. The molecule has 1 heterocycles. The number of hydrogen-bond acceptors (Lipinski definition) is 2. The normalized spacial score (nSPS) is 14.8. The van der Waals surface area contributed by atoms with Crippen LogP contribution in [0.4, 0.5) is 0 Å². The molecule has 0 bridgehead atoms. The smallest absolute Gasteiger partial charge is 0.104 e. The van der Waals surface area contributed by atoms with Crippen molar-refractivity contribution >= 4 is 11.8 Å². The zero-order chi connectivity index (χ0) is 8.39. The summed E-state index contributed by atoms with van der Waals surface area (Å²) in [6, 6.07) is 1.83. The summed E-state index contributed by atoms with van der Waals surface area (Å²) in [6.07, 6.45) is 9.85. The summed E-state index contributed by atoms with van der Waals surface area (Å²) in [5.74, 6) is 0.414. The average molecular weight is 159 g/mol. The van der Waals surface area contributed by atoms with E-state index in [1.54, 1.807) is 12.4 Å². The lowest BCUT2D eigenvalue weighted by molar-refractivity contribution is 0.488. The number of aliphatic hydroxyl groups is 1. The van der Waals surface area contributed by atoms with E-state index in [0.29, 0.717) is 12.2 Å². The molecule has 0 atom stereocenters. The van der Waals surface area contributed by atoms with Crippen molar-refractivity contribution in [2.75, 3.05) is 0 Å². The van der Waals surface area contributed by atoms with E-state index in [1.165, 1.54) is 0 Å². The maximum Gasteiger partial charge on any atom is 0.104 e. The quantitative estimate of drug-likeness (QED) is 0.597. The molecule has 0 spiro atoms. The molecule has 1 aliphatic carbocycles. The molecule has 1 aromatic rings. The topological polar surface area (TPSA) is 33.1 Å². The fraction of sp³-hybridized carbons (Fsp3) is 0.100. The second-order valence-corrected chi connectivity index (χ2v) is 2.71. The first kappa shape index (κ1) is 7.10. The molecule has 1 aromatic heterocycles. The van der Waals surface area contributed by atoms with Crippen LogP contribution in [0.2, 0.25) is 0 Å². The fourth-order valence-corrected chi connectivity index (χ4v) is 1.26. The Bertz CT molecular complexity index is 431. The Morgan fingerprint density at radius 3 is 3.25 bits per heavy atom. The number of hydrogen-bond donors (Lipinski definition) is 1. The minimum Gasteiger partial charge on any atom is -0.511 e. The summed E-state index contributed by atoms with van der Waals surface area (Å²) in [4.78, 5) is 3.98. The highest BCUT2D eigenvalue weighted by Crippen LogP contribution is 1.97. The highest BCUT2D eigenvalue weighted by atomic mass is 16.3. The number of pyridine rings is 1. The van der Waals surface area contributed by atoms with Crippen molar-refractivity contribution in [3.8, 4) is 0 Å². The van der Waals surface area contributed by atoms with Gasteiger partial charge in [0.15, 0.2) is 0 Å². The van der Waals surface area contributed by atoms with Gasteiger partial charge in [0.2, 0.25) is 0 Å². The summed E-state index contributed by atoms with van der Waals surface area (Å²) >= 11 is 0. The minimum atomic E-state index is 0.414. The zero-order valence-corrected chi connectivity index (χ0v) is 6.57. The molecule has 2 nitrogen and oxygen atoms in total. The third-order valence-electron chi connectivity index (χ3n) is 1.89. The van der Waals surface area contributed by atoms with Crippen molar-refractivity contribution < 1.29 is 5.11 Å². The summed E-state index contributed by atoms with van der Waals surface area (Å²) < 4.78 is 0. The SMILES string of the molecule is OC1=c2ccncc2=CC=CC1. The van der Waals surface area contributed by atoms with Gasteiger partial charge in [0.05, 0.1) is 0 Å². The second kappa shape index (κ2) is 2.81. The Labute approximate surface area is 70.2 Å². The van der Waals surface area contributed by atoms with Crippen molar-refractivity contribution in [2.45, 2.75) is 6.42 Å². The summed E-state index contributed by atoms with van der Waals surface area (Å²) in [7, 11) is 0. The number of rotatable bonds is 0. The van der Waals surface area contributed by atoms with Crippen LogP contribution in [-0.2, 0) is 0 Å². The summed E-state index contributed by atoms with van der Waals surface area (Å²) in [5, 5.41) is 11.4. The molecule has 1 aliphatic rings. The van der Waals surface area contributed by atoms with E-state index < -0.39 is 0 Å². The van der Waals surface area contributed by atoms with Gasteiger partial charge in [-0.2, -0.15) is 0 Å². The van der Waals surface area contributed by atoms with Gasteiger partial charge in [-0.3, -0.25) is 4.98 Å². The van der Waals surface area contributed by atoms with Crippen LogP contribution >= 0.6 is 0 Å². The monoisotopic (exact) mass is 159 g/mol. The Kier molecular flexibility index (Phi) is 1.67. The molecule has 2 heteroatoms. The van der Waals surface area contributed by atoms with Crippen LogP contribution in [0.5, 0.6) is 0 Å². The van der Waals surface area contributed by atoms with E-state index in [4.69, 9.17) is 0 Å². The minimum absolute atomic E-state index is 0.414. The average Bonchev–Trinajstić information content (AvgIpc) is 2.29. The van der Waals surface area contributed by atoms with Gasteiger partial charge in [-0.15, -0.1) is 0 Å². The van der Waals surface area contributed by atoms with Crippen LogP contribution in [0.25, 0.3) is 11.8 Å². The molecule has 0 saturated carbocycles. The predicted molar refractivity (Wildman–Crippen MR) is 47.7 cm³/mol. The van der Waals surface area contributed by atoms with Crippen LogP contribution in [0.15, 0.2) is 30.6 Å². The van der Waals surface area contributed by atoms with Crippen molar-refractivity contribution in [3.63, 3.8) is 0 Å². The first-order valence-corrected chi connectivity index (χ1v) is 3.87. The number of fused-ring (bicyclic) bond motifs is 1. The molecule has 0 aliphatic heterocycles. The van der Waals surface area contributed by atoms with Gasteiger partial charge in [-0.25, -0.2) is 0 Å². The van der Waals surface area contributed by atoms with E-state index in [2.05, 4.69) is 4.98 Å². The molecule has 0 amide bonds. The highest BCUT2D eigenvalue weighted by Gasteiger charge is 1.95. The third-order valence-corrected chi connectivity index (χ3v) is 1.89. The molecule has 2 rings (SSSR count). The number of nitrogens with zero attached hydrogens (tertiary/aromatic N) is 1. The maximum absolute atomic E-state index is 9.56. The summed E-state index contributed by atoms with van der Waals surface area (Å²) in [5.41, 5.74) is 0. The number of allylic oxidation sites excluding steroid dienone is 1. The Balaban J connectivity index is 2.88. The Morgan fingerprint density at radius 1 is 1.42 bits per heavy atom. The van der Waals surface area contributed by atoms with Crippen LogP contribution in [-0.4, -0.2) is 10.1 Å². The van der Waals surface area contributed by atoms with Crippen molar-refractivity contribution in [2.24, 2.45) is 0 Å². The van der Waals surface area contributed by atoms with Crippen LogP contribution in [0, 0.1) is 0 Å². The lowest BCUT2D eigenvalue weighted by Gasteiger charge is -1.92. The van der Waals surface area contributed by atoms with Crippen molar-refractivity contribution in [1.82, 2.24) is 4.98 Å². The molecule has 0 aromatic carbocycles. The Morgan fingerprint density at radius 2 is 2.33 bits per heavy atom. The van der Waals surface area contributed by atoms with Gasteiger partial charge in [-0.1, -0.05) is 18.2 Å². The van der Waals surface area contributed by atoms with Gasteiger partial charge >= 0.3 is 0 Å². The van der Waals surface area contributed by atoms with Crippen LogP contribution < -0.4 is 10.4 Å². The summed E-state index contributed by atoms with van der Waals surface area (Å²) in [6.45, 7) is 0. The van der Waals surface area contributed by atoms with Gasteiger partial charge in [0.25, 0.3) is 0 Å². The van der Waals surface area contributed by atoms with Crippen LogP contribution in [0.1, 0.15) is 6.42 Å². The molecule has 1 N–H and O–H groups in total. The van der Waals surface area contributed by atoms with Gasteiger partial charge in [0.1, 0.15) is 5.76 Å². The lowest BCUT2D eigenvalue weighted by atomic mass is 10.2. The van der Waals surface area contributed by atoms with E-state index in [1.807, 2.05) is 24.3 Å². The van der Waals surface area contributed by atoms with Crippen molar-refractivity contribution in [3.05, 3.63) is 41.0 Å². The molecule has 0 radical (unpaired) electrons. The van der Waals surface area contributed by atoms with E-state index in [9.17, 15) is 5.11 Å². The number of aromatic nitrogens is 1.